The minimum absolute atomic E-state index is 0. The molecule has 25 heavy (non-hydrogen) atoms. The zero-order valence-corrected chi connectivity index (χ0v) is 17.1. The van der Waals surface area contributed by atoms with Gasteiger partial charge in [-0.25, -0.2) is 9.67 Å². The van der Waals surface area contributed by atoms with Crippen LogP contribution in [0.1, 0.15) is 31.9 Å². The van der Waals surface area contributed by atoms with Gasteiger partial charge in [0.1, 0.15) is 24.3 Å². The fourth-order valence-corrected chi connectivity index (χ4v) is 2.88. The molecule has 2 aromatic heterocycles. The van der Waals surface area contributed by atoms with Crippen molar-refractivity contribution >= 4 is 29.9 Å². The molecule has 2 N–H and O–H groups in total. The second kappa shape index (κ2) is 9.68. The van der Waals surface area contributed by atoms with E-state index in [4.69, 9.17) is 0 Å². The lowest BCUT2D eigenvalue weighted by Crippen LogP contribution is -2.47. The summed E-state index contributed by atoms with van der Waals surface area (Å²) in [5, 5.41) is 19.1. The van der Waals surface area contributed by atoms with E-state index < -0.39 is 0 Å². The zero-order chi connectivity index (χ0) is 16.8. The summed E-state index contributed by atoms with van der Waals surface area (Å²) >= 11 is 0. The Balaban J connectivity index is 0.00000225. The SMILES string of the molecule is CCNC(=NCCn1cnnc1CC)NC1CCc2ncnn2C1.I. The molecule has 0 aliphatic carbocycles. The molecule has 0 saturated carbocycles. The van der Waals surface area contributed by atoms with E-state index in [-0.39, 0.29) is 24.0 Å². The fraction of sp³-hybridized carbons (Fsp3) is 0.667. The molecule has 0 saturated heterocycles. The maximum absolute atomic E-state index is 4.67. The fourth-order valence-electron chi connectivity index (χ4n) is 2.88. The largest absolute Gasteiger partial charge is 0.357 e. The van der Waals surface area contributed by atoms with Crippen LogP contribution in [0.4, 0.5) is 0 Å². The number of aromatic nitrogens is 6. The lowest BCUT2D eigenvalue weighted by Gasteiger charge is -2.25. The third-order valence-corrected chi connectivity index (χ3v) is 4.11. The summed E-state index contributed by atoms with van der Waals surface area (Å²) in [6.45, 7) is 7.27. The number of guanidine groups is 1. The Bertz CT molecular complexity index is 678. The molecule has 1 unspecified atom stereocenters. The lowest BCUT2D eigenvalue weighted by molar-refractivity contribution is 0.392. The Morgan fingerprint density at radius 3 is 3.08 bits per heavy atom. The Labute approximate surface area is 164 Å². The summed E-state index contributed by atoms with van der Waals surface area (Å²) in [4.78, 5) is 8.94. The molecule has 3 heterocycles. The molecular weight excluding hydrogens is 433 g/mol. The Kier molecular flexibility index (Phi) is 7.59. The monoisotopic (exact) mass is 459 g/mol. The second-order valence-corrected chi connectivity index (χ2v) is 5.79. The predicted molar refractivity (Wildman–Crippen MR) is 106 cm³/mol. The maximum Gasteiger partial charge on any atom is 0.191 e. The van der Waals surface area contributed by atoms with E-state index in [9.17, 15) is 0 Å². The molecule has 0 amide bonds. The minimum atomic E-state index is 0. The van der Waals surface area contributed by atoms with Crippen LogP contribution in [0, 0.1) is 0 Å². The first kappa shape index (κ1) is 19.6. The summed E-state index contributed by atoms with van der Waals surface area (Å²) in [6.07, 6.45) is 6.25. The number of halogens is 1. The molecule has 0 bridgehead atoms. The van der Waals surface area contributed by atoms with Gasteiger partial charge in [-0.1, -0.05) is 6.92 Å². The van der Waals surface area contributed by atoms with Crippen LogP contribution >= 0.6 is 24.0 Å². The minimum Gasteiger partial charge on any atom is -0.357 e. The van der Waals surface area contributed by atoms with E-state index in [1.54, 1.807) is 12.7 Å². The van der Waals surface area contributed by atoms with Crippen molar-refractivity contribution in [2.24, 2.45) is 4.99 Å². The van der Waals surface area contributed by atoms with Gasteiger partial charge in [0.05, 0.1) is 13.1 Å². The van der Waals surface area contributed by atoms with Crippen LogP contribution in [0.25, 0.3) is 0 Å². The van der Waals surface area contributed by atoms with Crippen molar-refractivity contribution in [3.8, 4) is 0 Å². The maximum atomic E-state index is 4.67. The molecule has 1 atom stereocenters. The molecule has 0 fully saturated rings. The molecule has 138 valence electrons. The van der Waals surface area contributed by atoms with Crippen molar-refractivity contribution in [2.45, 2.75) is 52.2 Å². The van der Waals surface area contributed by atoms with Crippen LogP contribution in [0.15, 0.2) is 17.6 Å². The van der Waals surface area contributed by atoms with Crippen molar-refractivity contribution < 1.29 is 0 Å². The summed E-state index contributed by atoms with van der Waals surface area (Å²) in [6, 6.07) is 0.318. The highest BCUT2D eigenvalue weighted by Gasteiger charge is 2.20. The highest BCUT2D eigenvalue weighted by molar-refractivity contribution is 14.0. The van der Waals surface area contributed by atoms with Gasteiger partial charge in [0.25, 0.3) is 0 Å². The van der Waals surface area contributed by atoms with E-state index >= 15 is 0 Å². The first-order chi connectivity index (χ1) is 11.8. The van der Waals surface area contributed by atoms with Gasteiger partial charge in [-0.3, -0.25) is 4.99 Å². The van der Waals surface area contributed by atoms with E-state index in [1.165, 1.54) is 0 Å². The summed E-state index contributed by atoms with van der Waals surface area (Å²) in [5.41, 5.74) is 0. The summed E-state index contributed by atoms with van der Waals surface area (Å²) < 4.78 is 4.02. The molecule has 9 nitrogen and oxygen atoms in total. The highest BCUT2D eigenvalue weighted by atomic mass is 127. The molecule has 1 aliphatic rings. The van der Waals surface area contributed by atoms with Crippen molar-refractivity contribution in [1.82, 2.24) is 40.2 Å². The lowest BCUT2D eigenvalue weighted by atomic mass is 10.1. The van der Waals surface area contributed by atoms with Crippen molar-refractivity contribution in [1.29, 1.82) is 0 Å². The number of rotatable bonds is 6. The molecule has 3 rings (SSSR count). The molecule has 10 heteroatoms. The molecule has 2 aromatic rings. The van der Waals surface area contributed by atoms with Gasteiger partial charge >= 0.3 is 0 Å². The zero-order valence-electron chi connectivity index (χ0n) is 14.7. The first-order valence-electron chi connectivity index (χ1n) is 8.58. The standard InChI is InChI=1S/C15H25N9.HI/c1-3-13-22-19-11-23(13)8-7-17-15(16-4-2)21-12-5-6-14-18-10-20-24(14)9-12;/h10-12H,3-9H2,1-2H3,(H2,16,17,21);1H. The molecular formula is C15H26IN9. The van der Waals surface area contributed by atoms with Crippen LogP contribution in [0.3, 0.4) is 0 Å². The number of nitrogens with zero attached hydrogens (tertiary/aromatic N) is 7. The van der Waals surface area contributed by atoms with Gasteiger partial charge < -0.3 is 15.2 Å². The third-order valence-electron chi connectivity index (χ3n) is 4.11. The predicted octanol–water partition coefficient (Wildman–Crippen LogP) is 0.620. The van der Waals surface area contributed by atoms with Gasteiger partial charge in [0.2, 0.25) is 0 Å². The first-order valence-corrected chi connectivity index (χ1v) is 8.58. The number of hydrogen-bond donors (Lipinski definition) is 2. The van der Waals surface area contributed by atoms with Crippen LogP contribution in [0.2, 0.25) is 0 Å². The Morgan fingerprint density at radius 1 is 1.40 bits per heavy atom. The van der Waals surface area contributed by atoms with Crippen molar-refractivity contribution in [3.63, 3.8) is 0 Å². The van der Waals surface area contributed by atoms with Gasteiger partial charge in [-0.15, -0.1) is 34.2 Å². The van der Waals surface area contributed by atoms with Crippen LogP contribution < -0.4 is 10.6 Å². The average molecular weight is 459 g/mol. The summed E-state index contributed by atoms with van der Waals surface area (Å²) in [7, 11) is 0. The van der Waals surface area contributed by atoms with E-state index in [0.29, 0.717) is 12.6 Å². The Hall–Kier alpha value is -1.72. The molecule has 0 radical (unpaired) electrons. The number of nitrogens with one attached hydrogen (secondary N) is 2. The molecule has 0 spiro atoms. The van der Waals surface area contributed by atoms with Crippen molar-refractivity contribution in [2.75, 3.05) is 13.1 Å². The van der Waals surface area contributed by atoms with Crippen LogP contribution in [-0.2, 0) is 25.9 Å². The smallest absolute Gasteiger partial charge is 0.191 e. The topological polar surface area (TPSA) is 97.8 Å². The highest BCUT2D eigenvalue weighted by Crippen LogP contribution is 2.11. The van der Waals surface area contributed by atoms with Gasteiger partial charge in [0.15, 0.2) is 5.96 Å². The number of aliphatic imine (C=N–C) groups is 1. The van der Waals surface area contributed by atoms with E-state index in [2.05, 4.69) is 54.3 Å². The van der Waals surface area contributed by atoms with Gasteiger partial charge in [-0.2, -0.15) is 5.10 Å². The van der Waals surface area contributed by atoms with Crippen LogP contribution in [-0.4, -0.2) is 54.6 Å². The summed E-state index contributed by atoms with van der Waals surface area (Å²) in [5.74, 6) is 2.90. The molecule has 1 aliphatic heterocycles. The second-order valence-electron chi connectivity index (χ2n) is 5.79. The van der Waals surface area contributed by atoms with Gasteiger partial charge in [0, 0.05) is 32.0 Å². The quantitative estimate of drug-likeness (QED) is 0.374. The van der Waals surface area contributed by atoms with Crippen molar-refractivity contribution in [3.05, 3.63) is 24.3 Å². The number of fused-ring (bicyclic) bond motifs is 1. The van der Waals surface area contributed by atoms with E-state index in [1.807, 2.05) is 4.68 Å². The van der Waals surface area contributed by atoms with Crippen LogP contribution in [0.5, 0.6) is 0 Å². The normalized spacial score (nSPS) is 16.9. The van der Waals surface area contributed by atoms with Gasteiger partial charge in [-0.05, 0) is 13.3 Å². The average Bonchev–Trinajstić information content (AvgIpc) is 3.23. The number of aryl methyl sites for hydroxylation is 2. The van der Waals surface area contributed by atoms with E-state index in [0.717, 1.165) is 56.5 Å². The Morgan fingerprint density at radius 2 is 2.28 bits per heavy atom. The number of hydrogen-bond acceptors (Lipinski definition) is 5. The third kappa shape index (κ3) is 5.13. The molecule has 0 aromatic carbocycles.